The van der Waals surface area contributed by atoms with Gasteiger partial charge in [-0.05, 0) is 18.1 Å². The highest BCUT2D eigenvalue weighted by Gasteiger charge is 2.30. The molecule has 1 unspecified atom stereocenters. The van der Waals surface area contributed by atoms with Gasteiger partial charge in [-0.2, -0.15) is 0 Å². The molecule has 72 valence electrons. The van der Waals surface area contributed by atoms with Crippen LogP contribution in [0.4, 0.5) is 5.69 Å². The van der Waals surface area contributed by atoms with Crippen molar-refractivity contribution in [2.45, 2.75) is 24.9 Å². The zero-order valence-corrected chi connectivity index (χ0v) is 8.54. The molecular weight excluding hydrogens is 196 g/mol. The lowest BCUT2D eigenvalue weighted by molar-refractivity contribution is 0.407. The first-order valence-corrected chi connectivity index (χ1v) is 5.34. The van der Waals surface area contributed by atoms with Gasteiger partial charge in [0, 0.05) is 13.0 Å². The minimum atomic E-state index is 0.141. The number of rotatable bonds is 0. The van der Waals surface area contributed by atoms with Gasteiger partial charge >= 0.3 is 0 Å². The molecule has 1 aromatic carbocycles. The van der Waals surface area contributed by atoms with Crippen molar-refractivity contribution < 1.29 is 0 Å². The third-order valence-electron chi connectivity index (χ3n) is 2.86. The van der Waals surface area contributed by atoms with Crippen LogP contribution in [0.5, 0.6) is 0 Å². The molecule has 0 radical (unpaired) electrons. The summed E-state index contributed by atoms with van der Waals surface area (Å²) < 4.78 is 0. The van der Waals surface area contributed by atoms with E-state index in [2.05, 4.69) is 28.1 Å². The molecule has 0 aliphatic carbocycles. The van der Waals surface area contributed by atoms with E-state index in [0.717, 1.165) is 30.9 Å². The molecule has 0 bridgehead atoms. The van der Waals surface area contributed by atoms with E-state index in [9.17, 15) is 0 Å². The molecule has 1 aromatic rings. The van der Waals surface area contributed by atoms with E-state index in [-0.39, 0.29) is 5.50 Å². The van der Waals surface area contributed by atoms with Crippen LogP contribution in [0.3, 0.4) is 0 Å². The van der Waals surface area contributed by atoms with Crippen LogP contribution in [0.1, 0.15) is 18.4 Å². The average Bonchev–Trinajstić information content (AvgIpc) is 2.57. The number of hydrogen-bond acceptors (Lipinski definition) is 2. The predicted octanol–water partition coefficient (Wildman–Crippen LogP) is 2.89. The van der Waals surface area contributed by atoms with Gasteiger partial charge in [-0.15, -0.1) is 0 Å². The fourth-order valence-electron chi connectivity index (χ4n) is 2.10. The van der Waals surface area contributed by atoms with Crippen LogP contribution in [0, 0.1) is 0 Å². The number of benzene rings is 1. The molecular formula is C11H11ClN2. The monoisotopic (exact) mass is 206 g/mol. The van der Waals surface area contributed by atoms with E-state index in [1.165, 1.54) is 5.56 Å². The van der Waals surface area contributed by atoms with Crippen molar-refractivity contribution in [1.29, 1.82) is 0 Å². The normalized spacial score (nSPS) is 24.2. The van der Waals surface area contributed by atoms with Crippen molar-refractivity contribution in [2.75, 3.05) is 0 Å². The van der Waals surface area contributed by atoms with Crippen LogP contribution in [0.15, 0.2) is 29.3 Å². The van der Waals surface area contributed by atoms with Crippen LogP contribution in [-0.2, 0) is 6.54 Å². The number of fused-ring (bicyclic) bond motifs is 2. The number of hydrogen-bond donors (Lipinski definition) is 0. The smallest absolute Gasteiger partial charge is 0.106 e. The van der Waals surface area contributed by atoms with E-state index >= 15 is 0 Å². The number of alkyl halides is 1. The summed E-state index contributed by atoms with van der Waals surface area (Å²) in [5.74, 6) is 1.16. The molecule has 0 aromatic heterocycles. The van der Waals surface area contributed by atoms with E-state index in [0.29, 0.717) is 0 Å². The van der Waals surface area contributed by atoms with Crippen molar-refractivity contribution in [3.63, 3.8) is 0 Å². The Hall–Kier alpha value is -1.02. The van der Waals surface area contributed by atoms with Gasteiger partial charge in [-0.25, -0.2) is 4.99 Å². The standard InChI is InChI=1S/C11H11ClN2/c12-10-5-6-11-13-9-4-2-1-3-8(9)7-14(10)11/h1-4,10H,5-7H2. The molecule has 0 saturated carbocycles. The summed E-state index contributed by atoms with van der Waals surface area (Å²) in [7, 11) is 0. The van der Waals surface area contributed by atoms with Crippen LogP contribution < -0.4 is 0 Å². The van der Waals surface area contributed by atoms with Crippen LogP contribution >= 0.6 is 11.6 Å². The topological polar surface area (TPSA) is 15.6 Å². The lowest BCUT2D eigenvalue weighted by Gasteiger charge is -2.27. The highest BCUT2D eigenvalue weighted by Crippen LogP contribution is 2.33. The maximum atomic E-state index is 6.20. The first kappa shape index (κ1) is 8.30. The van der Waals surface area contributed by atoms with Gasteiger partial charge in [0.2, 0.25) is 0 Å². The summed E-state index contributed by atoms with van der Waals surface area (Å²) in [6.45, 7) is 0.920. The Balaban J connectivity index is 2.07. The second-order valence-corrected chi connectivity index (χ2v) is 4.26. The van der Waals surface area contributed by atoms with Crippen LogP contribution in [-0.4, -0.2) is 16.2 Å². The summed E-state index contributed by atoms with van der Waals surface area (Å²) in [5.41, 5.74) is 2.54. The minimum Gasteiger partial charge on any atom is -0.339 e. The largest absolute Gasteiger partial charge is 0.339 e. The molecule has 3 heteroatoms. The van der Waals surface area contributed by atoms with E-state index in [1.807, 2.05) is 6.07 Å². The van der Waals surface area contributed by atoms with Crippen LogP contribution in [0.25, 0.3) is 0 Å². The number of amidine groups is 1. The first-order valence-electron chi connectivity index (χ1n) is 4.91. The highest BCUT2D eigenvalue weighted by atomic mass is 35.5. The summed E-state index contributed by atoms with van der Waals surface area (Å²) in [4.78, 5) is 6.81. The van der Waals surface area contributed by atoms with Crippen molar-refractivity contribution >= 4 is 23.1 Å². The van der Waals surface area contributed by atoms with Gasteiger partial charge in [0.15, 0.2) is 0 Å². The summed E-state index contributed by atoms with van der Waals surface area (Å²) in [5, 5.41) is 0. The van der Waals surface area contributed by atoms with Crippen molar-refractivity contribution in [3.05, 3.63) is 29.8 Å². The van der Waals surface area contributed by atoms with Crippen molar-refractivity contribution in [1.82, 2.24) is 4.90 Å². The molecule has 2 nitrogen and oxygen atoms in total. The Kier molecular flexibility index (Phi) is 1.77. The first-order chi connectivity index (χ1) is 6.84. The number of halogens is 1. The molecule has 2 aliphatic heterocycles. The Morgan fingerprint density at radius 1 is 1.36 bits per heavy atom. The van der Waals surface area contributed by atoms with E-state index in [1.54, 1.807) is 0 Å². The second-order valence-electron chi connectivity index (χ2n) is 3.76. The number of nitrogens with zero attached hydrogens (tertiary/aromatic N) is 2. The van der Waals surface area contributed by atoms with Gasteiger partial charge < -0.3 is 4.90 Å². The molecule has 1 atom stereocenters. The Bertz CT molecular complexity index is 400. The molecule has 3 rings (SSSR count). The maximum absolute atomic E-state index is 6.20. The Morgan fingerprint density at radius 3 is 3.14 bits per heavy atom. The molecule has 0 amide bonds. The lowest BCUT2D eigenvalue weighted by atomic mass is 10.1. The Labute approximate surface area is 88.2 Å². The molecule has 2 aliphatic rings. The second kappa shape index (κ2) is 2.99. The summed E-state index contributed by atoms with van der Waals surface area (Å²) >= 11 is 6.20. The van der Waals surface area contributed by atoms with E-state index < -0.39 is 0 Å². The van der Waals surface area contributed by atoms with Gasteiger partial charge in [0.1, 0.15) is 11.3 Å². The molecule has 0 spiro atoms. The van der Waals surface area contributed by atoms with Gasteiger partial charge in [0.05, 0.1) is 5.69 Å². The number of para-hydroxylation sites is 1. The average molecular weight is 207 g/mol. The number of aliphatic imine (C=N–C) groups is 1. The third kappa shape index (κ3) is 1.14. The Morgan fingerprint density at radius 2 is 2.21 bits per heavy atom. The van der Waals surface area contributed by atoms with Crippen molar-refractivity contribution in [2.24, 2.45) is 4.99 Å². The summed E-state index contributed by atoms with van der Waals surface area (Å²) in [6.07, 6.45) is 2.04. The molecule has 2 heterocycles. The SMILES string of the molecule is ClC1CCC2=Nc3ccccc3CN21. The molecule has 1 fully saturated rings. The minimum absolute atomic E-state index is 0.141. The summed E-state index contributed by atoms with van der Waals surface area (Å²) in [6, 6.07) is 8.28. The maximum Gasteiger partial charge on any atom is 0.106 e. The molecule has 1 saturated heterocycles. The zero-order valence-electron chi connectivity index (χ0n) is 7.78. The van der Waals surface area contributed by atoms with Gasteiger partial charge in [-0.1, -0.05) is 29.8 Å². The molecule has 0 N–H and O–H groups in total. The predicted molar refractivity (Wildman–Crippen MR) is 58.0 cm³/mol. The quantitative estimate of drug-likeness (QED) is 0.471. The highest BCUT2D eigenvalue weighted by molar-refractivity contribution is 6.22. The third-order valence-corrected chi connectivity index (χ3v) is 3.31. The zero-order chi connectivity index (χ0) is 9.54. The van der Waals surface area contributed by atoms with Gasteiger partial charge in [0.25, 0.3) is 0 Å². The lowest BCUT2D eigenvalue weighted by Crippen LogP contribution is -2.31. The molecule has 14 heavy (non-hydrogen) atoms. The van der Waals surface area contributed by atoms with Crippen LogP contribution in [0.2, 0.25) is 0 Å². The fourth-order valence-corrected chi connectivity index (χ4v) is 2.39. The van der Waals surface area contributed by atoms with Gasteiger partial charge in [-0.3, -0.25) is 0 Å². The van der Waals surface area contributed by atoms with Crippen molar-refractivity contribution in [3.8, 4) is 0 Å². The van der Waals surface area contributed by atoms with E-state index in [4.69, 9.17) is 11.6 Å². The fraction of sp³-hybridized carbons (Fsp3) is 0.364.